The molecule has 0 amide bonds. The van der Waals surface area contributed by atoms with Crippen LogP contribution in [0.25, 0.3) is 5.69 Å². The van der Waals surface area contributed by atoms with Crippen LogP contribution in [0.1, 0.15) is 31.0 Å². The first-order chi connectivity index (χ1) is 8.56. The fourth-order valence-corrected chi connectivity index (χ4v) is 1.94. The first-order valence-corrected chi connectivity index (χ1v) is 5.79. The minimum atomic E-state index is -0.331. The van der Waals surface area contributed by atoms with E-state index in [1.807, 2.05) is 13.8 Å². The second kappa shape index (κ2) is 4.70. The van der Waals surface area contributed by atoms with E-state index in [0.717, 1.165) is 0 Å². The van der Waals surface area contributed by atoms with Crippen molar-refractivity contribution in [2.45, 2.75) is 26.4 Å². The van der Waals surface area contributed by atoms with E-state index in [0.29, 0.717) is 16.9 Å². The highest BCUT2D eigenvalue weighted by Crippen LogP contribution is 2.21. The average Bonchev–Trinajstić information content (AvgIpc) is 2.67. The number of phenols is 1. The molecule has 1 aromatic carbocycles. The van der Waals surface area contributed by atoms with Crippen LogP contribution in [0, 0.1) is 0 Å². The molecule has 3 N–H and O–H groups in total. The van der Waals surface area contributed by atoms with Crippen LogP contribution in [0.5, 0.6) is 5.75 Å². The summed E-state index contributed by atoms with van der Waals surface area (Å²) < 4.78 is 1.26. The van der Waals surface area contributed by atoms with Gasteiger partial charge in [0.1, 0.15) is 11.4 Å². The predicted octanol–water partition coefficient (Wildman–Crippen LogP) is 1.49. The second-order valence-electron chi connectivity index (χ2n) is 4.45. The van der Waals surface area contributed by atoms with Gasteiger partial charge in [-0.05, 0) is 18.1 Å². The Labute approximate surface area is 104 Å². The third-order valence-corrected chi connectivity index (χ3v) is 2.88. The zero-order valence-corrected chi connectivity index (χ0v) is 10.3. The van der Waals surface area contributed by atoms with Crippen LogP contribution in [-0.4, -0.2) is 20.0 Å². The number of benzene rings is 1. The third-order valence-electron chi connectivity index (χ3n) is 2.88. The Kier molecular flexibility index (Phi) is 3.25. The highest BCUT2D eigenvalue weighted by Gasteiger charge is 2.17. The van der Waals surface area contributed by atoms with Crippen molar-refractivity contribution < 1.29 is 10.2 Å². The van der Waals surface area contributed by atoms with Crippen molar-refractivity contribution in [3.8, 4) is 11.4 Å². The standard InChI is InChI=1S/C13H16N2O3/c1-8(2)12-9(7-16)13(18)15(14-12)10-5-3-4-6-11(10)17/h3-6,8,14,16-17H,7H2,1-2H3. The number of H-pyrrole nitrogens is 1. The van der Waals surface area contributed by atoms with E-state index in [4.69, 9.17) is 0 Å². The number of hydrogen-bond acceptors (Lipinski definition) is 3. The Morgan fingerprint density at radius 1 is 1.33 bits per heavy atom. The Morgan fingerprint density at radius 2 is 2.00 bits per heavy atom. The van der Waals surface area contributed by atoms with Crippen molar-refractivity contribution in [2.75, 3.05) is 0 Å². The Bertz CT molecular complexity index is 611. The van der Waals surface area contributed by atoms with Crippen LogP contribution >= 0.6 is 0 Å². The van der Waals surface area contributed by atoms with Gasteiger partial charge in [0.05, 0.1) is 12.2 Å². The molecule has 0 bridgehead atoms. The van der Waals surface area contributed by atoms with E-state index in [9.17, 15) is 15.0 Å². The number of phenolic OH excluding ortho intramolecular Hbond substituents is 1. The number of aromatic amines is 1. The largest absolute Gasteiger partial charge is 0.506 e. The summed E-state index contributed by atoms with van der Waals surface area (Å²) in [6.07, 6.45) is 0. The molecular weight excluding hydrogens is 232 g/mol. The lowest BCUT2D eigenvalue weighted by Crippen LogP contribution is -2.17. The van der Waals surface area contributed by atoms with Gasteiger partial charge in [-0.1, -0.05) is 26.0 Å². The Balaban J connectivity index is 2.67. The minimum absolute atomic E-state index is 0.0145. The maximum absolute atomic E-state index is 12.1. The summed E-state index contributed by atoms with van der Waals surface area (Å²) in [7, 11) is 0. The van der Waals surface area contributed by atoms with Crippen molar-refractivity contribution in [3.05, 3.63) is 45.9 Å². The second-order valence-corrected chi connectivity index (χ2v) is 4.45. The Morgan fingerprint density at radius 3 is 2.50 bits per heavy atom. The zero-order valence-electron chi connectivity index (χ0n) is 10.3. The van der Waals surface area contributed by atoms with E-state index >= 15 is 0 Å². The van der Waals surface area contributed by atoms with Gasteiger partial charge < -0.3 is 10.2 Å². The molecule has 5 nitrogen and oxygen atoms in total. The average molecular weight is 248 g/mol. The van der Waals surface area contributed by atoms with Crippen LogP contribution in [-0.2, 0) is 6.61 Å². The monoisotopic (exact) mass is 248 g/mol. The van der Waals surface area contributed by atoms with Crippen LogP contribution in [0.15, 0.2) is 29.1 Å². The van der Waals surface area contributed by atoms with Crippen molar-refractivity contribution in [1.82, 2.24) is 9.78 Å². The van der Waals surface area contributed by atoms with E-state index in [1.54, 1.807) is 18.2 Å². The molecule has 0 radical (unpaired) electrons. The summed E-state index contributed by atoms with van der Waals surface area (Å²) in [6.45, 7) is 3.54. The molecule has 2 rings (SSSR count). The SMILES string of the molecule is CC(C)c1[nH]n(-c2ccccc2O)c(=O)c1CO. The molecule has 1 heterocycles. The lowest BCUT2D eigenvalue weighted by atomic mass is 10.1. The number of hydrogen-bond donors (Lipinski definition) is 3. The number of para-hydroxylation sites is 2. The molecular formula is C13H16N2O3. The molecule has 0 aliphatic heterocycles. The smallest absolute Gasteiger partial charge is 0.277 e. The van der Waals surface area contributed by atoms with Gasteiger partial charge in [-0.25, -0.2) is 4.68 Å². The van der Waals surface area contributed by atoms with Gasteiger partial charge in [0.15, 0.2) is 0 Å². The van der Waals surface area contributed by atoms with E-state index in [2.05, 4.69) is 5.10 Å². The van der Waals surface area contributed by atoms with Gasteiger partial charge in [0, 0.05) is 5.69 Å². The van der Waals surface area contributed by atoms with Crippen LogP contribution < -0.4 is 5.56 Å². The van der Waals surface area contributed by atoms with Crippen molar-refractivity contribution in [2.24, 2.45) is 0 Å². The fraction of sp³-hybridized carbons (Fsp3) is 0.308. The fourth-order valence-electron chi connectivity index (χ4n) is 1.94. The summed E-state index contributed by atoms with van der Waals surface area (Å²) in [5.74, 6) is 0.104. The number of nitrogens with zero attached hydrogens (tertiary/aromatic N) is 1. The molecule has 0 saturated heterocycles. The molecule has 0 fully saturated rings. The zero-order chi connectivity index (χ0) is 13.3. The molecule has 1 aromatic heterocycles. The molecule has 5 heteroatoms. The Hall–Kier alpha value is -2.01. The summed E-state index contributed by atoms with van der Waals surface area (Å²) >= 11 is 0. The summed E-state index contributed by atoms with van der Waals surface area (Å²) in [6, 6.07) is 6.56. The van der Waals surface area contributed by atoms with Gasteiger partial charge in [-0.2, -0.15) is 0 Å². The molecule has 0 aliphatic rings. The topological polar surface area (TPSA) is 78.2 Å². The lowest BCUT2D eigenvalue weighted by molar-refractivity contribution is 0.279. The highest BCUT2D eigenvalue weighted by atomic mass is 16.3. The van der Waals surface area contributed by atoms with Crippen molar-refractivity contribution >= 4 is 0 Å². The maximum Gasteiger partial charge on any atom is 0.277 e. The van der Waals surface area contributed by atoms with Gasteiger partial charge in [0.2, 0.25) is 0 Å². The van der Waals surface area contributed by atoms with Gasteiger partial charge in [-0.3, -0.25) is 9.89 Å². The maximum atomic E-state index is 12.1. The first-order valence-electron chi connectivity index (χ1n) is 5.79. The minimum Gasteiger partial charge on any atom is -0.506 e. The molecule has 0 spiro atoms. The van der Waals surface area contributed by atoms with Crippen LogP contribution in [0.2, 0.25) is 0 Å². The summed E-state index contributed by atoms with van der Waals surface area (Å²) in [5, 5.41) is 22.0. The molecule has 18 heavy (non-hydrogen) atoms. The third kappa shape index (κ3) is 1.93. The summed E-state index contributed by atoms with van der Waals surface area (Å²) in [5.41, 5.74) is 1.07. The van der Waals surface area contributed by atoms with Crippen LogP contribution in [0.3, 0.4) is 0 Å². The molecule has 0 aliphatic carbocycles. The van der Waals surface area contributed by atoms with Gasteiger partial charge in [-0.15, -0.1) is 0 Å². The highest BCUT2D eigenvalue weighted by molar-refractivity contribution is 5.45. The number of aliphatic hydroxyl groups excluding tert-OH is 1. The first kappa shape index (κ1) is 12.4. The van der Waals surface area contributed by atoms with E-state index in [-0.39, 0.29) is 23.8 Å². The number of aliphatic hydroxyl groups is 1. The van der Waals surface area contributed by atoms with E-state index in [1.165, 1.54) is 10.7 Å². The van der Waals surface area contributed by atoms with Crippen molar-refractivity contribution in [1.29, 1.82) is 0 Å². The van der Waals surface area contributed by atoms with E-state index < -0.39 is 0 Å². The number of nitrogens with one attached hydrogen (secondary N) is 1. The quantitative estimate of drug-likeness (QED) is 0.770. The molecule has 0 saturated carbocycles. The van der Waals surface area contributed by atoms with Crippen molar-refractivity contribution in [3.63, 3.8) is 0 Å². The number of aromatic hydroxyl groups is 1. The summed E-state index contributed by atoms with van der Waals surface area (Å²) in [4.78, 5) is 12.1. The molecule has 0 atom stereocenters. The molecule has 0 unspecified atom stereocenters. The molecule has 2 aromatic rings. The normalized spacial score (nSPS) is 11.1. The predicted molar refractivity (Wildman–Crippen MR) is 68.1 cm³/mol. The van der Waals surface area contributed by atoms with Crippen LogP contribution in [0.4, 0.5) is 0 Å². The number of aromatic nitrogens is 2. The van der Waals surface area contributed by atoms with Gasteiger partial charge in [0.25, 0.3) is 5.56 Å². The molecule has 96 valence electrons. The lowest BCUT2D eigenvalue weighted by Gasteiger charge is -2.05. The van der Waals surface area contributed by atoms with Gasteiger partial charge >= 0.3 is 0 Å². The number of rotatable bonds is 3.